The average Bonchev–Trinajstić information content (AvgIpc) is 3.24. The summed E-state index contributed by atoms with van der Waals surface area (Å²) in [6.45, 7) is 1.19. The molecule has 0 amide bonds. The first-order chi connectivity index (χ1) is 15.9. The van der Waals surface area contributed by atoms with Crippen LogP contribution in [0.3, 0.4) is 0 Å². The Balaban J connectivity index is 1.75. The molecule has 0 aliphatic heterocycles. The van der Waals surface area contributed by atoms with E-state index in [4.69, 9.17) is 9.47 Å². The standard InChI is InChI=1S/C25H16N2O6/c1-12(28)33-18-11-17-21(20-19(18)24(30)15-5-3-4-6-16(15)25(20)31)26-27-22(17)23(29)13-7-9-14(32-2)10-8-13/h3-11H,1-2H3,(H,26,27). The largest absolute Gasteiger partial charge is 0.497 e. The van der Waals surface area contributed by atoms with Crippen LogP contribution in [0.1, 0.15) is 54.8 Å². The molecule has 0 radical (unpaired) electrons. The van der Waals surface area contributed by atoms with Crippen LogP contribution in [0.15, 0.2) is 54.6 Å². The number of rotatable bonds is 4. The van der Waals surface area contributed by atoms with Gasteiger partial charge in [-0.2, -0.15) is 5.10 Å². The molecule has 0 fully saturated rings. The number of esters is 1. The molecule has 4 aromatic rings. The zero-order chi connectivity index (χ0) is 23.3. The molecular weight excluding hydrogens is 424 g/mol. The quantitative estimate of drug-likeness (QED) is 0.258. The topological polar surface area (TPSA) is 115 Å². The van der Waals surface area contributed by atoms with Gasteiger partial charge in [-0.3, -0.25) is 24.3 Å². The van der Waals surface area contributed by atoms with Gasteiger partial charge in [-0.05, 0) is 30.3 Å². The summed E-state index contributed by atoms with van der Waals surface area (Å²) in [7, 11) is 1.52. The molecule has 8 heteroatoms. The Morgan fingerprint density at radius 1 is 0.909 bits per heavy atom. The third kappa shape index (κ3) is 3.11. The lowest BCUT2D eigenvalue weighted by atomic mass is 9.82. The van der Waals surface area contributed by atoms with Crippen LogP contribution in [0.25, 0.3) is 10.9 Å². The fourth-order valence-electron chi connectivity index (χ4n) is 4.02. The number of nitrogens with zero attached hydrogens (tertiary/aromatic N) is 1. The number of aromatic nitrogens is 2. The van der Waals surface area contributed by atoms with Crippen LogP contribution < -0.4 is 9.47 Å². The monoisotopic (exact) mass is 440 g/mol. The minimum Gasteiger partial charge on any atom is -0.497 e. The predicted molar refractivity (Wildman–Crippen MR) is 117 cm³/mol. The summed E-state index contributed by atoms with van der Waals surface area (Å²) in [4.78, 5) is 51.6. The number of hydrogen-bond acceptors (Lipinski definition) is 7. The molecule has 1 aliphatic carbocycles. The molecule has 0 saturated heterocycles. The summed E-state index contributed by atoms with van der Waals surface area (Å²) in [5.74, 6) is -1.44. The highest BCUT2D eigenvalue weighted by atomic mass is 16.5. The van der Waals surface area contributed by atoms with Gasteiger partial charge in [-0.15, -0.1) is 0 Å². The summed E-state index contributed by atoms with van der Waals surface area (Å²) < 4.78 is 10.4. The van der Waals surface area contributed by atoms with Crippen molar-refractivity contribution in [3.63, 3.8) is 0 Å². The normalized spacial score (nSPS) is 12.3. The van der Waals surface area contributed by atoms with Crippen LogP contribution in [-0.2, 0) is 4.79 Å². The number of carbonyl (C=O) groups is 4. The minimum atomic E-state index is -0.665. The van der Waals surface area contributed by atoms with E-state index in [0.717, 1.165) is 0 Å². The van der Waals surface area contributed by atoms with Crippen molar-refractivity contribution in [3.05, 3.63) is 88.1 Å². The van der Waals surface area contributed by atoms with Gasteiger partial charge in [0, 0.05) is 29.0 Å². The molecule has 1 aliphatic rings. The minimum absolute atomic E-state index is 0.00233. The van der Waals surface area contributed by atoms with E-state index >= 15 is 0 Å². The van der Waals surface area contributed by atoms with E-state index in [-0.39, 0.29) is 50.4 Å². The molecule has 1 aromatic heterocycles. The van der Waals surface area contributed by atoms with Crippen molar-refractivity contribution in [1.82, 2.24) is 10.2 Å². The van der Waals surface area contributed by atoms with Crippen molar-refractivity contribution < 1.29 is 28.7 Å². The van der Waals surface area contributed by atoms with E-state index in [9.17, 15) is 19.2 Å². The Kier molecular flexibility index (Phi) is 4.63. The number of nitrogens with one attached hydrogen (secondary N) is 1. The molecule has 0 bridgehead atoms. The van der Waals surface area contributed by atoms with Crippen molar-refractivity contribution in [2.24, 2.45) is 0 Å². The van der Waals surface area contributed by atoms with Gasteiger partial charge in [0.25, 0.3) is 0 Å². The molecular formula is C25H16N2O6. The fourth-order valence-corrected chi connectivity index (χ4v) is 4.02. The first-order valence-corrected chi connectivity index (χ1v) is 10.0. The maximum absolute atomic E-state index is 13.4. The maximum Gasteiger partial charge on any atom is 0.308 e. The zero-order valence-electron chi connectivity index (χ0n) is 17.6. The highest BCUT2D eigenvalue weighted by molar-refractivity contribution is 6.33. The van der Waals surface area contributed by atoms with E-state index in [1.54, 1.807) is 48.5 Å². The molecule has 1 N–H and O–H groups in total. The SMILES string of the molecule is COc1ccc(C(=O)c2[nH]nc3c4c(c(OC(C)=O)cc23)C(=O)c2ccccc2C4=O)cc1. The summed E-state index contributed by atoms with van der Waals surface area (Å²) in [5, 5.41) is 7.17. The van der Waals surface area contributed by atoms with Gasteiger partial charge in [0.2, 0.25) is 5.78 Å². The van der Waals surface area contributed by atoms with Gasteiger partial charge in [-0.1, -0.05) is 24.3 Å². The zero-order valence-corrected chi connectivity index (χ0v) is 17.6. The molecule has 0 spiro atoms. The molecule has 162 valence electrons. The Labute approximate surface area is 187 Å². The van der Waals surface area contributed by atoms with Gasteiger partial charge in [-0.25, -0.2) is 0 Å². The molecule has 33 heavy (non-hydrogen) atoms. The summed E-state index contributed by atoms with van der Waals surface area (Å²) >= 11 is 0. The van der Waals surface area contributed by atoms with Crippen molar-refractivity contribution in [3.8, 4) is 11.5 Å². The van der Waals surface area contributed by atoms with Crippen molar-refractivity contribution in [2.75, 3.05) is 7.11 Å². The first kappa shape index (κ1) is 20.3. The first-order valence-electron chi connectivity index (χ1n) is 10.0. The molecule has 1 heterocycles. The maximum atomic E-state index is 13.4. The highest BCUT2D eigenvalue weighted by Gasteiger charge is 2.36. The molecule has 0 saturated carbocycles. The number of methoxy groups -OCH3 is 1. The van der Waals surface area contributed by atoms with Crippen molar-refractivity contribution in [2.45, 2.75) is 6.92 Å². The van der Waals surface area contributed by atoms with Crippen molar-refractivity contribution >= 4 is 34.2 Å². The van der Waals surface area contributed by atoms with Crippen LogP contribution in [0.4, 0.5) is 0 Å². The third-order valence-corrected chi connectivity index (χ3v) is 5.52. The van der Waals surface area contributed by atoms with E-state index in [1.165, 1.54) is 20.1 Å². The number of benzene rings is 3. The molecule has 0 unspecified atom stereocenters. The van der Waals surface area contributed by atoms with E-state index < -0.39 is 17.5 Å². The number of H-pyrrole nitrogens is 1. The summed E-state index contributed by atoms with van der Waals surface area (Å²) in [5.41, 5.74) is 1.01. The van der Waals surface area contributed by atoms with Gasteiger partial charge >= 0.3 is 5.97 Å². The smallest absolute Gasteiger partial charge is 0.308 e. The van der Waals surface area contributed by atoms with Gasteiger partial charge in [0.05, 0.1) is 18.2 Å². The molecule has 8 nitrogen and oxygen atoms in total. The van der Waals surface area contributed by atoms with Crippen LogP contribution in [0, 0.1) is 0 Å². The second kappa shape index (κ2) is 7.52. The Hall–Kier alpha value is -4.59. The number of ether oxygens (including phenoxy) is 2. The molecule has 3 aromatic carbocycles. The van der Waals surface area contributed by atoms with Gasteiger partial charge < -0.3 is 9.47 Å². The van der Waals surface area contributed by atoms with E-state index in [2.05, 4.69) is 10.2 Å². The number of ketones is 3. The molecule has 5 rings (SSSR count). The number of hydrogen-bond donors (Lipinski definition) is 1. The Bertz CT molecular complexity index is 1500. The Morgan fingerprint density at radius 2 is 1.55 bits per heavy atom. The number of aromatic amines is 1. The lowest BCUT2D eigenvalue weighted by Gasteiger charge is -2.20. The lowest BCUT2D eigenvalue weighted by molar-refractivity contribution is -0.131. The van der Waals surface area contributed by atoms with Crippen LogP contribution in [0.2, 0.25) is 0 Å². The molecule has 0 atom stereocenters. The number of carbonyl (C=O) groups excluding carboxylic acids is 4. The second-order valence-electron chi connectivity index (χ2n) is 7.47. The second-order valence-corrected chi connectivity index (χ2v) is 7.47. The van der Waals surface area contributed by atoms with Crippen LogP contribution >= 0.6 is 0 Å². The predicted octanol–water partition coefficient (Wildman–Crippen LogP) is 3.50. The van der Waals surface area contributed by atoms with Gasteiger partial charge in [0.15, 0.2) is 11.6 Å². The summed E-state index contributed by atoms with van der Waals surface area (Å²) in [6, 6.07) is 14.3. The average molecular weight is 440 g/mol. The fraction of sp³-hybridized carbons (Fsp3) is 0.0800. The number of fused-ring (bicyclic) bond motifs is 4. The van der Waals surface area contributed by atoms with Crippen molar-refractivity contribution in [1.29, 1.82) is 0 Å². The third-order valence-electron chi connectivity index (χ3n) is 5.52. The Morgan fingerprint density at radius 3 is 2.15 bits per heavy atom. The summed E-state index contributed by atoms with van der Waals surface area (Å²) in [6.07, 6.45) is 0. The van der Waals surface area contributed by atoms with E-state index in [1.807, 2.05) is 0 Å². The van der Waals surface area contributed by atoms with Crippen LogP contribution in [-0.4, -0.2) is 40.6 Å². The highest BCUT2D eigenvalue weighted by Crippen LogP contribution is 2.39. The lowest BCUT2D eigenvalue weighted by Crippen LogP contribution is -2.23. The van der Waals surface area contributed by atoms with Crippen LogP contribution in [0.5, 0.6) is 11.5 Å². The van der Waals surface area contributed by atoms with Gasteiger partial charge in [0.1, 0.15) is 22.7 Å². The van der Waals surface area contributed by atoms with E-state index in [0.29, 0.717) is 11.3 Å².